The summed E-state index contributed by atoms with van der Waals surface area (Å²) in [5, 5.41) is 14.9. The van der Waals surface area contributed by atoms with Crippen LogP contribution in [0.15, 0.2) is 10.9 Å². The lowest BCUT2D eigenvalue weighted by Gasteiger charge is -2.22. The second kappa shape index (κ2) is 5.05. The van der Waals surface area contributed by atoms with Gasteiger partial charge in [-0.25, -0.2) is 4.98 Å². The van der Waals surface area contributed by atoms with Crippen molar-refractivity contribution < 1.29 is 5.11 Å². The fourth-order valence-electron chi connectivity index (χ4n) is 2.32. The lowest BCUT2D eigenvalue weighted by atomic mass is 10.0. The van der Waals surface area contributed by atoms with E-state index in [1.54, 1.807) is 11.3 Å². The zero-order valence-corrected chi connectivity index (χ0v) is 9.83. The molecule has 0 radical (unpaired) electrons. The first-order valence-electron chi connectivity index (χ1n) is 5.56. The maximum Gasteiger partial charge on any atom is 0.0795 e. The van der Waals surface area contributed by atoms with Gasteiger partial charge in [-0.15, -0.1) is 11.3 Å². The molecule has 0 amide bonds. The van der Waals surface area contributed by atoms with Gasteiger partial charge in [0, 0.05) is 24.1 Å². The Balaban J connectivity index is 1.91. The fourth-order valence-corrected chi connectivity index (χ4v) is 2.96. The maximum atomic E-state index is 9.23. The van der Waals surface area contributed by atoms with Gasteiger partial charge >= 0.3 is 0 Å². The first-order valence-corrected chi connectivity index (χ1v) is 6.50. The summed E-state index contributed by atoms with van der Waals surface area (Å²) < 4.78 is 0. The number of nitrogens with zero attached hydrogens (tertiary/aromatic N) is 1. The molecule has 0 bridgehead atoms. The minimum Gasteiger partial charge on any atom is -0.396 e. The van der Waals surface area contributed by atoms with Crippen LogP contribution in [0.5, 0.6) is 0 Å². The lowest BCUT2D eigenvalue weighted by Crippen LogP contribution is -2.35. The molecule has 0 spiro atoms. The molecule has 3 atom stereocenters. The van der Waals surface area contributed by atoms with E-state index < -0.39 is 0 Å². The Kier molecular flexibility index (Phi) is 3.72. The van der Waals surface area contributed by atoms with Gasteiger partial charge in [0.2, 0.25) is 0 Å². The van der Waals surface area contributed by atoms with Gasteiger partial charge < -0.3 is 10.4 Å². The Labute approximate surface area is 94.5 Å². The number of aliphatic hydroxyl groups excluding tert-OH is 1. The predicted octanol–water partition coefficient (Wildman–Crippen LogP) is 1.95. The Morgan fingerprint density at radius 3 is 3.20 bits per heavy atom. The molecule has 4 heteroatoms. The van der Waals surface area contributed by atoms with Crippen LogP contribution in [-0.2, 0) is 0 Å². The Bertz CT molecular complexity index is 289. The number of hydrogen-bond acceptors (Lipinski definition) is 4. The molecule has 1 aromatic rings. The molecule has 2 N–H and O–H groups in total. The highest BCUT2D eigenvalue weighted by atomic mass is 32.1. The van der Waals surface area contributed by atoms with Crippen molar-refractivity contribution in [3.8, 4) is 0 Å². The highest BCUT2D eigenvalue weighted by Crippen LogP contribution is 2.27. The van der Waals surface area contributed by atoms with Gasteiger partial charge in [-0.3, -0.25) is 0 Å². The van der Waals surface area contributed by atoms with Crippen LogP contribution in [0, 0.1) is 5.92 Å². The van der Waals surface area contributed by atoms with Crippen LogP contribution in [0.1, 0.15) is 37.9 Å². The minimum atomic E-state index is 0.299. The van der Waals surface area contributed by atoms with Crippen molar-refractivity contribution in [3.63, 3.8) is 0 Å². The molecule has 15 heavy (non-hydrogen) atoms. The fraction of sp³-hybridized carbons (Fsp3) is 0.727. The van der Waals surface area contributed by atoms with Gasteiger partial charge in [0.25, 0.3) is 0 Å². The van der Waals surface area contributed by atoms with Crippen LogP contribution in [0.3, 0.4) is 0 Å². The van der Waals surface area contributed by atoms with Gasteiger partial charge in [0.15, 0.2) is 0 Å². The molecule has 0 aromatic carbocycles. The van der Waals surface area contributed by atoms with Crippen molar-refractivity contribution in [1.82, 2.24) is 10.3 Å². The highest BCUT2D eigenvalue weighted by Gasteiger charge is 2.27. The molecule has 1 saturated carbocycles. The molecule has 1 aromatic heterocycles. The predicted molar refractivity (Wildman–Crippen MR) is 61.9 cm³/mol. The zero-order chi connectivity index (χ0) is 10.7. The summed E-state index contributed by atoms with van der Waals surface area (Å²) in [5.74, 6) is 0.436. The second-order valence-corrected chi connectivity index (χ2v) is 5.00. The van der Waals surface area contributed by atoms with Crippen LogP contribution in [0.2, 0.25) is 0 Å². The summed E-state index contributed by atoms with van der Waals surface area (Å²) in [4.78, 5) is 4.30. The smallest absolute Gasteiger partial charge is 0.0795 e. The van der Waals surface area contributed by atoms with Gasteiger partial charge in [-0.2, -0.15) is 0 Å². The topological polar surface area (TPSA) is 45.1 Å². The molecule has 84 valence electrons. The number of hydrogen-bond donors (Lipinski definition) is 2. The van der Waals surface area contributed by atoms with Crippen LogP contribution in [0.25, 0.3) is 0 Å². The third-order valence-electron chi connectivity index (χ3n) is 3.25. The van der Waals surface area contributed by atoms with Crippen molar-refractivity contribution in [1.29, 1.82) is 0 Å². The number of aromatic nitrogens is 1. The molecule has 3 nitrogen and oxygen atoms in total. The van der Waals surface area contributed by atoms with Gasteiger partial charge in [0.05, 0.1) is 11.2 Å². The van der Waals surface area contributed by atoms with E-state index >= 15 is 0 Å². The van der Waals surface area contributed by atoms with Crippen LogP contribution < -0.4 is 5.32 Å². The molecular weight excluding hydrogens is 208 g/mol. The Morgan fingerprint density at radius 2 is 2.53 bits per heavy atom. The normalized spacial score (nSPS) is 28.1. The molecule has 1 heterocycles. The van der Waals surface area contributed by atoms with Crippen molar-refractivity contribution >= 4 is 11.3 Å². The summed E-state index contributed by atoms with van der Waals surface area (Å²) in [5.41, 5.74) is 2.98. The van der Waals surface area contributed by atoms with E-state index in [9.17, 15) is 5.11 Å². The number of aliphatic hydroxyl groups is 1. The molecule has 3 unspecified atom stereocenters. The third kappa shape index (κ3) is 2.56. The average Bonchev–Trinajstić information content (AvgIpc) is 2.87. The summed E-state index contributed by atoms with van der Waals surface area (Å²) in [7, 11) is 0. The highest BCUT2D eigenvalue weighted by molar-refractivity contribution is 7.07. The summed E-state index contributed by atoms with van der Waals surface area (Å²) >= 11 is 1.63. The summed E-state index contributed by atoms with van der Waals surface area (Å²) in [6.07, 6.45) is 3.56. The molecule has 1 fully saturated rings. The molecule has 2 rings (SSSR count). The number of rotatable bonds is 4. The van der Waals surface area contributed by atoms with Crippen LogP contribution in [-0.4, -0.2) is 22.7 Å². The maximum absolute atomic E-state index is 9.23. The zero-order valence-electron chi connectivity index (χ0n) is 9.02. The van der Waals surface area contributed by atoms with Gasteiger partial charge in [0.1, 0.15) is 0 Å². The quantitative estimate of drug-likeness (QED) is 0.825. The van der Waals surface area contributed by atoms with Crippen LogP contribution >= 0.6 is 11.3 Å². The molecule has 1 aliphatic rings. The summed E-state index contributed by atoms with van der Waals surface area (Å²) in [6, 6.07) is 0.764. The molecule has 0 saturated heterocycles. The lowest BCUT2D eigenvalue weighted by molar-refractivity contribution is 0.200. The standard InChI is InChI=1S/C11H18N2OS/c1-8(11-6-15-7-12-11)13-10-4-2-3-9(10)5-14/h6-10,13-14H,2-5H2,1H3. The Morgan fingerprint density at radius 1 is 1.67 bits per heavy atom. The van der Waals surface area contributed by atoms with E-state index in [0.717, 1.165) is 12.1 Å². The van der Waals surface area contributed by atoms with E-state index in [4.69, 9.17) is 0 Å². The Hall–Kier alpha value is -0.450. The van der Waals surface area contributed by atoms with Gasteiger partial charge in [-0.05, 0) is 25.7 Å². The van der Waals surface area contributed by atoms with Crippen molar-refractivity contribution in [2.75, 3.05) is 6.61 Å². The molecule has 1 aliphatic carbocycles. The first kappa shape index (κ1) is 11.0. The first-order chi connectivity index (χ1) is 7.31. The number of nitrogens with one attached hydrogen (secondary N) is 1. The van der Waals surface area contributed by atoms with E-state index in [-0.39, 0.29) is 0 Å². The minimum absolute atomic E-state index is 0.299. The molecule has 0 aliphatic heterocycles. The van der Waals surface area contributed by atoms with Crippen molar-refractivity contribution in [3.05, 3.63) is 16.6 Å². The second-order valence-electron chi connectivity index (χ2n) is 4.28. The van der Waals surface area contributed by atoms with E-state index in [0.29, 0.717) is 24.6 Å². The van der Waals surface area contributed by atoms with Crippen molar-refractivity contribution in [2.24, 2.45) is 5.92 Å². The average molecular weight is 226 g/mol. The van der Waals surface area contributed by atoms with Crippen LogP contribution in [0.4, 0.5) is 0 Å². The van der Waals surface area contributed by atoms with E-state index in [2.05, 4.69) is 22.6 Å². The number of thiazole rings is 1. The van der Waals surface area contributed by atoms with Gasteiger partial charge in [-0.1, -0.05) is 6.42 Å². The monoisotopic (exact) mass is 226 g/mol. The SMILES string of the molecule is CC(NC1CCCC1CO)c1cscn1. The summed E-state index contributed by atoms with van der Waals surface area (Å²) in [6.45, 7) is 2.45. The van der Waals surface area contributed by atoms with E-state index in [1.165, 1.54) is 12.8 Å². The largest absolute Gasteiger partial charge is 0.396 e. The third-order valence-corrected chi connectivity index (χ3v) is 3.86. The molecular formula is C11H18N2OS. The van der Waals surface area contributed by atoms with E-state index in [1.807, 2.05) is 5.51 Å². The van der Waals surface area contributed by atoms with Crippen molar-refractivity contribution in [2.45, 2.75) is 38.3 Å².